The van der Waals surface area contributed by atoms with E-state index in [2.05, 4.69) is 12.1 Å². The number of hydrogen-bond donors (Lipinski definition) is 0. The molecule has 1 aliphatic rings. The van der Waals surface area contributed by atoms with Crippen molar-refractivity contribution in [2.75, 3.05) is 11.4 Å². The number of benzene rings is 2. The summed E-state index contributed by atoms with van der Waals surface area (Å²) in [7, 11) is 0. The molecule has 2 aromatic heterocycles. The molecular formula is C20H14N2OS2. The van der Waals surface area contributed by atoms with Crippen LogP contribution in [0.15, 0.2) is 60.7 Å². The number of aromatic nitrogens is 1. The molecule has 0 spiro atoms. The van der Waals surface area contributed by atoms with Crippen molar-refractivity contribution in [1.29, 1.82) is 0 Å². The Hall–Kier alpha value is -2.50. The van der Waals surface area contributed by atoms with E-state index in [-0.39, 0.29) is 5.91 Å². The molecule has 3 heterocycles. The molecule has 0 aliphatic carbocycles. The number of thiazole rings is 1. The molecule has 0 saturated carbocycles. The molecule has 4 aromatic rings. The van der Waals surface area contributed by atoms with Gasteiger partial charge in [0.15, 0.2) is 0 Å². The minimum atomic E-state index is 0.0855. The van der Waals surface area contributed by atoms with Crippen LogP contribution in [0.5, 0.6) is 0 Å². The Balaban J connectivity index is 1.47. The van der Waals surface area contributed by atoms with Crippen LogP contribution < -0.4 is 4.90 Å². The largest absolute Gasteiger partial charge is 0.307 e. The first kappa shape index (κ1) is 14.8. The molecule has 1 aliphatic heterocycles. The van der Waals surface area contributed by atoms with Crippen molar-refractivity contribution in [2.24, 2.45) is 0 Å². The van der Waals surface area contributed by atoms with Crippen molar-refractivity contribution in [3.8, 4) is 9.88 Å². The van der Waals surface area contributed by atoms with Gasteiger partial charge < -0.3 is 4.90 Å². The number of rotatable bonds is 2. The number of para-hydroxylation sites is 2. The lowest BCUT2D eigenvalue weighted by atomic mass is 10.2. The Kier molecular flexibility index (Phi) is 3.43. The highest BCUT2D eigenvalue weighted by Gasteiger charge is 2.26. The van der Waals surface area contributed by atoms with Gasteiger partial charge in [-0.2, -0.15) is 0 Å². The van der Waals surface area contributed by atoms with Gasteiger partial charge in [-0.25, -0.2) is 4.98 Å². The summed E-state index contributed by atoms with van der Waals surface area (Å²) in [6.07, 6.45) is 0.929. The summed E-state index contributed by atoms with van der Waals surface area (Å²) in [5.41, 5.74) is 3.30. The molecule has 0 atom stereocenters. The maximum atomic E-state index is 12.9. The fourth-order valence-corrected chi connectivity index (χ4v) is 5.20. The van der Waals surface area contributed by atoms with Gasteiger partial charge >= 0.3 is 0 Å². The molecule has 0 saturated heterocycles. The highest BCUT2D eigenvalue weighted by Crippen LogP contribution is 2.36. The van der Waals surface area contributed by atoms with Crippen LogP contribution in [0.25, 0.3) is 20.1 Å². The summed E-state index contributed by atoms with van der Waals surface area (Å²) in [4.78, 5) is 21.4. The van der Waals surface area contributed by atoms with Gasteiger partial charge in [0.05, 0.1) is 20.0 Å². The zero-order valence-electron chi connectivity index (χ0n) is 13.3. The Morgan fingerprint density at radius 3 is 2.72 bits per heavy atom. The minimum absolute atomic E-state index is 0.0855. The average molecular weight is 362 g/mol. The van der Waals surface area contributed by atoms with Gasteiger partial charge in [-0.15, -0.1) is 22.7 Å². The van der Waals surface area contributed by atoms with Crippen molar-refractivity contribution in [3.05, 3.63) is 71.1 Å². The zero-order chi connectivity index (χ0) is 16.8. The first-order chi connectivity index (χ1) is 12.3. The Morgan fingerprint density at radius 2 is 1.80 bits per heavy atom. The third kappa shape index (κ3) is 2.47. The predicted molar refractivity (Wildman–Crippen MR) is 105 cm³/mol. The van der Waals surface area contributed by atoms with Crippen molar-refractivity contribution in [1.82, 2.24) is 4.98 Å². The van der Waals surface area contributed by atoms with Gasteiger partial charge in [-0.1, -0.05) is 30.3 Å². The molecule has 0 N–H and O–H groups in total. The van der Waals surface area contributed by atoms with Crippen LogP contribution in [0, 0.1) is 0 Å². The second-order valence-electron chi connectivity index (χ2n) is 5.99. The lowest BCUT2D eigenvalue weighted by Gasteiger charge is -2.16. The van der Waals surface area contributed by atoms with Crippen molar-refractivity contribution in [3.63, 3.8) is 0 Å². The van der Waals surface area contributed by atoms with Gasteiger partial charge in [0.25, 0.3) is 5.91 Å². The van der Waals surface area contributed by atoms with E-state index in [1.54, 1.807) is 11.3 Å². The molecule has 3 nitrogen and oxygen atoms in total. The highest BCUT2D eigenvalue weighted by molar-refractivity contribution is 7.26. The molecule has 2 aromatic carbocycles. The number of nitrogens with zero attached hydrogens (tertiary/aromatic N) is 2. The molecule has 0 bridgehead atoms. The smallest absolute Gasteiger partial charge is 0.268 e. The van der Waals surface area contributed by atoms with E-state index in [1.807, 2.05) is 53.4 Å². The molecule has 0 unspecified atom stereocenters. The Labute approximate surface area is 153 Å². The fraction of sp³-hybridized carbons (Fsp3) is 0.100. The maximum absolute atomic E-state index is 12.9. The van der Waals surface area contributed by atoms with Crippen LogP contribution in [0.3, 0.4) is 0 Å². The van der Waals surface area contributed by atoms with Crippen LogP contribution in [0.1, 0.15) is 15.2 Å². The summed E-state index contributed by atoms with van der Waals surface area (Å²) in [5, 5.41) is 0.979. The third-order valence-electron chi connectivity index (χ3n) is 4.45. The van der Waals surface area contributed by atoms with Gasteiger partial charge in [-0.3, -0.25) is 4.79 Å². The predicted octanol–water partition coefficient (Wildman–Crippen LogP) is 5.23. The topological polar surface area (TPSA) is 33.2 Å². The Bertz CT molecular complexity index is 1060. The van der Waals surface area contributed by atoms with E-state index >= 15 is 0 Å². The first-order valence-corrected chi connectivity index (χ1v) is 9.78. The van der Waals surface area contributed by atoms with Crippen LogP contribution in [0.2, 0.25) is 0 Å². The van der Waals surface area contributed by atoms with E-state index in [1.165, 1.54) is 21.6 Å². The van der Waals surface area contributed by atoms with Gasteiger partial charge in [0, 0.05) is 12.2 Å². The number of amides is 1. The van der Waals surface area contributed by atoms with Crippen LogP contribution in [0.4, 0.5) is 5.69 Å². The molecule has 5 heteroatoms. The zero-order valence-corrected chi connectivity index (χ0v) is 14.9. The number of carbonyl (C=O) groups is 1. The van der Waals surface area contributed by atoms with Crippen molar-refractivity contribution < 1.29 is 4.79 Å². The second-order valence-corrected chi connectivity index (χ2v) is 8.10. The van der Waals surface area contributed by atoms with Gasteiger partial charge in [-0.05, 0) is 42.3 Å². The molecule has 1 amide bonds. The standard InChI is InChI=1S/C20H14N2OS2/c23-20(22-12-11-13-5-1-3-7-15(13)22)18-10-9-17(24-18)19-21-14-6-2-4-8-16(14)25-19/h1-10H,11-12H2. The fourth-order valence-electron chi connectivity index (χ4n) is 3.23. The number of carbonyl (C=O) groups excluding carboxylic acids is 1. The molecule has 5 rings (SSSR count). The van der Waals surface area contributed by atoms with E-state index in [0.29, 0.717) is 0 Å². The summed E-state index contributed by atoms with van der Waals surface area (Å²) >= 11 is 3.20. The molecule has 122 valence electrons. The summed E-state index contributed by atoms with van der Waals surface area (Å²) in [6.45, 7) is 0.756. The minimum Gasteiger partial charge on any atom is -0.307 e. The number of anilines is 1. The lowest BCUT2D eigenvalue weighted by Crippen LogP contribution is -2.28. The van der Waals surface area contributed by atoms with E-state index in [0.717, 1.165) is 38.9 Å². The summed E-state index contributed by atoms with van der Waals surface area (Å²) in [5.74, 6) is 0.0855. The lowest BCUT2D eigenvalue weighted by molar-refractivity contribution is 0.0993. The molecule has 0 fully saturated rings. The van der Waals surface area contributed by atoms with E-state index < -0.39 is 0 Å². The first-order valence-electron chi connectivity index (χ1n) is 8.15. The highest BCUT2D eigenvalue weighted by atomic mass is 32.1. The number of hydrogen-bond acceptors (Lipinski definition) is 4. The van der Waals surface area contributed by atoms with Gasteiger partial charge in [0.1, 0.15) is 5.01 Å². The molecule has 25 heavy (non-hydrogen) atoms. The third-order valence-corrected chi connectivity index (χ3v) is 6.73. The summed E-state index contributed by atoms with van der Waals surface area (Å²) in [6, 6.07) is 20.2. The Morgan fingerprint density at radius 1 is 0.960 bits per heavy atom. The van der Waals surface area contributed by atoms with Crippen LogP contribution in [-0.4, -0.2) is 17.4 Å². The second kappa shape index (κ2) is 5.79. The summed E-state index contributed by atoms with van der Waals surface area (Å²) < 4.78 is 1.17. The normalized spacial score (nSPS) is 13.4. The SMILES string of the molecule is O=C(c1ccc(-c2nc3ccccc3s2)s1)N1CCc2ccccc21. The van der Waals surface area contributed by atoms with Crippen LogP contribution >= 0.6 is 22.7 Å². The maximum Gasteiger partial charge on any atom is 0.268 e. The number of fused-ring (bicyclic) bond motifs is 2. The molecule has 0 radical (unpaired) electrons. The van der Waals surface area contributed by atoms with Crippen LogP contribution in [-0.2, 0) is 6.42 Å². The monoisotopic (exact) mass is 362 g/mol. The quantitative estimate of drug-likeness (QED) is 0.489. The van der Waals surface area contributed by atoms with E-state index in [4.69, 9.17) is 4.98 Å². The number of thiophene rings is 1. The van der Waals surface area contributed by atoms with Gasteiger partial charge in [0.2, 0.25) is 0 Å². The van der Waals surface area contributed by atoms with E-state index in [9.17, 15) is 4.79 Å². The van der Waals surface area contributed by atoms with Crippen molar-refractivity contribution in [2.45, 2.75) is 6.42 Å². The average Bonchev–Trinajstić information content (AvgIpc) is 3.37. The molecular weight excluding hydrogens is 348 g/mol. The van der Waals surface area contributed by atoms with Crippen molar-refractivity contribution >= 4 is 44.5 Å².